The average molecular weight is 456 g/mol. The number of morpholine rings is 1. The van der Waals surface area contributed by atoms with Crippen molar-refractivity contribution in [2.24, 2.45) is 0 Å². The van der Waals surface area contributed by atoms with Crippen LogP contribution in [0.15, 0.2) is 67.1 Å². The van der Waals surface area contributed by atoms with E-state index in [1.807, 2.05) is 6.20 Å². The maximum absolute atomic E-state index is 6.14. The third-order valence-electron chi connectivity index (χ3n) is 6.64. The van der Waals surface area contributed by atoms with E-state index in [-0.39, 0.29) is 6.10 Å². The summed E-state index contributed by atoms with van der Waals surface area (Å²) in [6.45, 7) is 5.35. The number of anilines is 1. The molecule has 0 aliphatic carbocycles. The molecule has 2 fully saturated rings. The lowest BCUT2D eigenvalue weighted by Crippen LogP contribution is -2.37. The van der Waals surface area contributed by atoms with Gasteiger partial charge in [0, 0.05) is 48.2 Å². The van der Waals surface area contributed by atoms with Gasteiger partial charge in [0.25, 0.3) is 0 Å². The van der Waals surface area contributed by atoms with E-state index in [4.69, 9.17) is 14.5 Å². The number of fused-ring (bicyclic) bond motifs is 1. The highest BCUT2D eigenvalue weighted by Crippen LogP contribution is 2.32. The lowest BCUT2D eigenvalue weighted by molar-refractivity contribution is 0.122. The summed E-state index contributed by atoms with van der Waals surface area (Å²) in [4.78, 5) is 11.6. The Hall–Kier alpha value is -3.42. The molecule has 2 aromatic carbocycles. The Labute approximate surface area is 199 Å². The van der Waals surface area contributed by atoms with Crippen LogP contribution in [-0.2, 0) is 4.74 Å². The van der Waals surface area contributed by atoms with Crippen LogP contribution >= 0.6 is 0 Å². The molecule has 0 unspecified atom stereocenters. The summed E-state index contributed by atoms with van der Waals surface area (Å²) in [5, 5.41) is 4.53. The molecule has 7 nitrogen and oxygen atoms in total. The number of nitrogens with one attached hydrogen (secondary N) is 1. The van der Waals surface area contributed by atoms with E-state index in [0.717, 1.165) is 80.1 Å². The Morgan fingerprint density at radius 2 is 1.79 bits per heavy atom. The Morgan fingerprint density at radius 1 is 0.971 bits per heavy atom. The van der Waals surface area contributed by atoms with E-state index in [2.05, 4.69) is 74.5 Å². The lowest BCUT2D eigenvalue weighted by atomic mass is 10.1. The Kier molecular flexibility index (Phi) is 5.87. The van der Waals surface area contributed by atoms with Gasteiger partial charge in [0.2, 0.25) is 5.88 Å². The normalized spacial score (nSPS) is 18.8. The number of ether oxygens (including phenoxy) is 2. The molecule has 7 heteroatoms. The van der Waals surface area contributed by atoms with Crippen LogP contribution in [0.5, 0.6) is 5.88 Å². The summed E-state index contributed by atoms with van der Waals surface area (Å²) in [5.41, 5.74) is 5.36. The summed E-state index contributed by atoms with van der Waals surface area (Å²) in [6.07, 6.45) is 7.99. The first-order valence-corrected chi connectivity index (χ1v) is 12.1. The molecule has 1 atom stereocenters. The number of aromatic nitrogens is 3. The fraction of sp³-hybridized carbons (Fsp3) is 0.333. The molecule has 2 aliphatic rings. The Bertz CT molecular complexity index is 1260. The minimum Gasteiger partial charge on any atom is -0.472 e. The van der Waals surface area contributed by atoms with Crippen LogP contribution in [0.2, 0.25) is 0 Å². The van der Waals surface area contributed by atoms with Crippen molar-refractivity contribution >= 4 is 16.6 Å². The van der Waals surface area contributed by atoms with Crippen molar-refractivity contribution in [3.63, 3.8) is 0 Å². The fourth-order valence-electron chi connectivity index (χ4n) is 4.87. The van der Waals surface area contributed by atoms with E-state index < -0.39 is 0 Å². The monoisotopic (exact) mass is 455 g/mol. The smallest absolute Gasteiger partial charge is 0.233 e. The number of nitrogens with zero attached hydrogens (tertiary/aromatic N) is 4. The zero-order chi connectivity index (χ0) is 22.7. The van der Waals surface area contributed by atoms with Crippen LogP contribution < -0.4 is 15.0 Å². The summed E-state index contributed by atoms with van der Waals surface area (Å²) < 4.78 is 13.9. The first-order valence-electron chi connectivity index (χ1n) is 12.1. The van der Waals surface area contributed by atoms with Crippen molar-refractivity contribution in [2.75, 3.05) is 44.3 Å². The van der Waals surface area contributed by atoms with Crippen LogP contribution in [0.4, 0.5) is 5.69 Å². The van der Waals surface area contributed by atoms with Gasteiger partial charge >= 0.3 is 0 Å². The highest BCUT2D eigenvalue weighted by molar-refractivity contribution is 5.96. The standard InChI is InChI=1S/C27H29N5O2/c1-2-6-26-23(5-1)24(25-17-29-18-27(30-25)34-22-4-3-11-28-16-22)19-32(26)21-9-7-20(8-10-21)31-12-14-33-15-13-31/h1-2,5-10,17-19,22,28H,3-4,11-16H2/t22-/m1/s1. The Balaban J connectivity index is 1.33. The second kappa shape index (κ2) is 9.44. The van der Waals surface area contributed by atoms with Gasteiger partial charge in [-0.3, -0.25) is 4.98 Å². The highest BCUT2D eigenvalue weighted by Gasteiger charge is 2.18. The number of hydrogen-bond donors (Lipinski definition) is 1. The van der Waals surface area contributed by atoms with Gasteiger partial charge in [-0.05, 0) is 49.7 Å². The maximum Gasteiger partial charge on any atom is 0.233 e. The van der Waals surface area contributed by atoms with Gasteiger partial charge in [-0.25, -0.2) is 4.98 Å². The SMILES string of the molecule is c1ccc2c(c1)c(-c1cncc(O[C@@H]3CCCNC3)n1)cn2-c1ccc(N2CCOCC2)cc1. The summed E-state index contributed by atoms with van der Waals surface area (Å²) in [6, 6.07) is 17.2. The van der Waals surface area contributed by atoms with Crippen molar-refractivity contribution < 1.29 is 9.47 Å². The lowest BCUT2D eigenvalue weighted by Gasteiger charge is -2.29. The highest BCUT2D eigenvalue weighted by atomic mass is 16.5. The molecule has 34 heavy (non-hydrogen) atoms. The molecule has 6 rings (SSSR count). The molecule has 4 heterocycles. The van der Waals surface area contributed by atoms with Crippen LogP contribution in [0, 0.1) is 0 Å². The van der Waals surface area contributed by atoms with Gasteiger partial charge in [-0.2, -0.15) is 0 Å². The largest absolute Gasteiger partial charge is 0.472 e. The molecule has 1 N–H and O–H groups in total. The Morgan fingerprint density at radius 3 is 2.62 bits per heavy atom. The third-order valence-corrected chi connectivity index (χ3v) is 6.64. The quantitative estimate of drug-likeness (QED) is 0.490. The zero-order valence-electron chi connectivity index (χ0n) is 19.2. The van der Waals surface area contributed by atoms with E-state index in [0.29, 0.717) is 5.88 Å². The summed E-state index contributed by atoms with van der Waals surface area (Å²) in [7, 11) is 0. The molecule has 0 bridgehead atoms. The van der Waals surface area contributed by atoms with Crippen molar-refractivity contribution in [3.05, 3.63) is 67.1 Å². The minimum absolute atomic E-state index is 0.143. The van der Waals surface area contributed by atoms with Gasteiger partial charge in [0.05, 0.1) is 36.8 Å². The van der Waals surface area contributed by atoms with Gasteiger partial charge in [-0.15, -0.1) is 0 Å². The molecule has 0 amide bonds. The molecule has 2 saturated heterocycles. The third kappa shape index (κ3) is 4.24. The van der Waals surface area contributed by atoms with Crippen LogP contribution in [0.1, 0.15) is 12.8 Å². The molecule has 174 valence electrons. The maximum atomic E-state index is 6.14. The van der Waals surface area contributed by atoms with Gasteiger partial charge in [0.15, 0.2) is 0 Å². The topological polar surface area (TPSA) is 64.4 Å². The molecular weight excluding hydrogens is 426 g/mol. The number of para-hydroxylation sites is 1. The molecule has 4 aromatic rings. The van der Waals surface area contributed by atoms with Crippen LogP contribution in [0.25, 0.3) is 27.8 Å². The minimum atomic E-state index is 0.143. The first-order chi connectivity index (χ1) is 16.8. The second-order valence-corrected chi connectivity index (χ2v) is 8.87. The molecule has 0 saturated carbocycles. The van der Waals surface area contributed by atoms with Gasteiger partial charge in [0.1, 0.15) is 6.10 Å². The summed E-state index contributed by atoms with van der Waals surface area (Å²) >= 11 is 0. The molecular formula is C27H29N5O2. The van der Waals surface area contributed by atoms with Crippen molar-refractivity contribution in [2.45, 2.75) is 18.9 Å². The van der Waals surface area contributed by atoms with Crippen LogP contribution in [0.3, 0.4) is 0 Å². The fourth-order valence-corrected chi connectivity index (χ4v) is 4.87. The average Bonchev–Trinajstić information content (AvgIpc) is 3.30. The number of rotatable bonds is 5. The zero-order valence-corrected chi connectivity index (χ0v) is 19.2. The van der Waals surface area contributed by atoms with Crippen LogP contribution in [-0.4, -0.2) is 60.0 Å². The van der Waals surface area contributed by atoms with Crippen molar-refractivity contribution in [1.82, 2.24) is 19.9 Å². The summed E-state index contributed by atoms with van der Waals surface area (Å²) in [5.74, 6) is 0.581. The number of hydrogen-bond acceptors (Lipinski definition) is 6. The van der Waals surface area contributed by atoms with Crippen molar-refractivity contribution in [3.8, 4) is 22.8 Å². The van der Waals surface area contributed by atoms with E-state index >= 15 is 0 Å². The predicted molar refractivity (Wildman–Crippen MR) is 134 cm³/mol. The van der Waals surface area contributed by atoms with Gasteiger partial charge < -0.3 is 24.3 Å². The van der Waals surface area contributed by atoms with E-state index in [9.17, 15) is 0 Å². The van der Waals surface area contributed by atoms with Crippen molar-refractivity contribution in [1.29, 1.82) is 0 Å². The molecule has 0 spiro atoms. The molecule has 0 radical (unpaired) electrons. The van der Waals surface area contributed by atoms with Gasteiger partial charge in [-0.1, -0.05) is 18.2 Å². The molecule has 2 aliphatic heterocycles. The van der Waals surface area contributed by atoms with E-state index in [1.165, 1.54) is 5.69 Å². The van der Waals surface area contributed by atoms with E-state index in [1.54, 1.807) is 6.20 Å². The second-order valence-electron chi connectivity index (χ2n) is 8.87. The molecule has 2 aromatic heterocycles. The predicted octanol–water partition coefficient (Wildman–Crippen LogP) is 4.05. The number of piperidine rings is 1. The number of benzene rings is 2. The first kappa shape index (κ1) is 21.1.